The van der Waals surface area contributed by atoms with Crippen molar-refractivity contribution in [2.75, 3.05) is 32.8 Å². The van der Waals surface area contributed by atoms with Crippen LogP contribution in [-0.2, 0) is 14.3 Å². The minimum absolute atomic E-state index is 0.0119. The van der Waals surface area contributed by atoms with Crippen molar-refractivity contribution >= 4 is 17.9 Å². The Labute approximate surface area is 135 Å². The van der Waals surface area contributed by atoms with Gasteiger partial charge in [0, 0.05) is 19.6 Å². The number of amides is 3. The number of morpholine rings is 1. The first-order valence-corrected chi connectivity index (χ1v) is 8.12. The SMILES string of the molecule is CC[C@H](C)[C@@H](C(=O)N1CCOCC1)N1CC[C@H](NC(=O)O)C1=O. The number of carbonyl (C=O) groups excluding carboxylic acids is 2. The molecule has 0 aromatic carbocycles. The molecule has 3 atom stereocenters. The maximum atomic E-state index is 12.9. The van der Waals surface area contributed by atoms with E-state index in [4.69, 9.17) is 9.84 Å². The summed E-state index contributed by atoms with van der Waals surface area (Å²) in [5.74, 6) is -0.357. The molecule has 23 heavy (non-hydrogen) atoms. The monoisotopic (exact) mass is 327 g/mol. The molecule has 3 amide bonds. The molecular weight excluding hydrogens is 302 g/mol. The predicted octanol–water partition coefficient (Wildman–Crippen LogP) is 0.128. The summed E-state index contributed by atoms with van der Waals surface area (Å²) in [6.07, 6.45) is -0.0551. The second-order valence-electron chi connectivity index (χ2n) is 6.09. The highest BCUT2D eigenvalue weighted by atomic mass is 16.5. The van der Waals surface area contributed by atoms with Crippen molar-refractivity contribution in [1.82, 2.24) is 15.1 Å². The van der Waals surface area contributed by atoms with Gasteiger partial charge in [-0.2, -0.15) is 0 Å². The Balaban J connectivity index is 2.13. The lowest BCUT2D eigenvalue weighted by atomic mass is 9.96. The van der Waals surface area contributed by atoms with Gasteiger partial charge in [-0.05, 0) is 12.3 Å². The van der Waals surface area contributed by atoms with Gasteiger partial charge >= 0.3 is 6.09 Å². The maximum Gasteiger partial charge on any atom is 0.405 e. The molecule has 2 aliphatic rings. The molecule has 0 bridgehead atoms. The van der Waals surface area contributed by atoms with Crippen LogP contribution < -0.4 is 5.32 Å². The number of likely N-dealkylation sites (tertiary alicyclic amines) is 1. The zero-order chi connectivity index (χ0) is 17.0. The van der Waals surface area contributed by atoms with Gasteiger partial charge in [0.15, 0.2) is 0 Å². The van der Waals surface area contributed by atoms with E-state index in [1.54, 1.807) is 9.80 Å². The number of carboxylic acid groups (broad SMARTS) is 1. The van der Waals surface area contributed by atoms with E-state index < -0.39 is 18.2 Å². The first-order valence-electron chi connectivity index (χ1n) is 8.12. The number of nitrogens with zero attached hydrogens (tertiary/aromatic N) is 2. The third kappa shape index (κ3) is 3.93. The van der Waals surface area contributed by atoms with E-state index in [2.05, 4.69) is 5.32 Å². The van der Waals surface area contributed by atoms with Crippen LogP contribution in [0.3, 0.4) is 0 Å². The first kappa shape index (κ1) is 17.5. The Morgan fingerprint density at radius 1 is 1.35 bits per heavy atom. The van der Waals surface area contributed by atoms with E-state index in [1.165, 1.54) is 0 Å². The lowest BCUT2D eigenvalue weighted by molar-refractivity contribution is -0.149. The second-order valence-corrected chi connectivity index (χ2v) is 6.09. The van der Waals surface area contributed by atoms with Crippen molar-refractivity contribution in [1.29, 1.82) is 0 Å². The molecule has 8 nitrogen and oxygen atoms in total. The first-order chi connectivity index (χ1) is 11.0. The summed E-state index contributed by atoms with van der Waals surface area (Å²) >= 11 is 0. The molecule has 0 radical (unpaired) electrons. The van der Waals surface area contributed by atoms with Crippen LogP contribution in [0.25, 0.3) is 0 Å². The molecule has 2 fully saturated rings. The molecule has 0 aromatic heterocycles. The topological polar surface area (TPSA) is 99.2 Å². The lowest BCUT2D eigenvalue weighted by Crippen LogP contribution is -2.56. The molecule has 0 saturated carbocycles. The van der Waals surface area contributed by atoms with E-state index >= 15 is 0 Å². The largest absolute Gasteiger partial charge is 0.465 e. The van der Waals surface area contributed by atoms with E-state index in [1.807, 2.05) is 13.8 Å². The van der Waals surface area contributed by atoms with Crippen molar-refractivity contribution in [2.45, 2.75) is 38.8 Å². The van der Waals surface area contributed by atoms with Gasteiger partial charge < -0.3 is 25.0 Å². The molecular formula is C15H25N3O5. The fourth-order valence-corrected chi connectivity index (χ4v) is 3.14. The second kappa shape index (κ2) is 7.63. The van der Waals surface area contributed by atoms with E-state index in [-0.39, 0.29) is 17.7 Å². The predicted molar refractivity (Wildman–Crippen MR) is 81.9 cm³/mol. The Kier molecular flexibility index (Phi) is 5.81. The van der Waals surface area contributed by atoms with Gasteiger partial charge in [0.25, 0.3) is 0 Å². The van der Waals surface area contributed by atoms with Crippen molar-refractivity contribution in [3.05, 3.63) is 0 Å². The summed E-state index contributed by atoms with van der Waals surface area (Å²) in [6.45, 7) is 6.42. The molecule has 130 valence electrons. The van der Waals surface area contributed by atoms with E-state index in [9.17, 15) is 14.4 Å². The molecule has 2 aliphatic heterocycles. The Morgan fingerprint density at radius 3 is 2.57 bits per heavy atom. The van der Waals surface area contributed by atoms with Gasteiger partial charge in [-0.15, -0.1) is 0 Å². The van der Waals surface area contributed by atoms with Crippen molar-refractivity contribution in [3.8, 4) is 0 Å². The van der Waals surface area contributed by atoms with Crippen LogP contribution in [0.1, 0.15) is 26.7 Å². The summed E-state index contributed by atoms with van der Waals surface area (Å²) in [5.41, 5.74) is 0. The maximum absolute atomic E-state index is 12.9. The van der Waals surface area contributed by atoms with Gasteiger partial charge in [-0.1, -0.05) is 20.3 Å². The van der Waals surface area contributed by atoms with Crippen LogP contribution in [0.15, 0.2) is 0 Å². The summed E-state index contributed by atoms with van der Waals surface area (Å²) in [5, 5.41) is 11.0. The molecule has 0 aliphatic carbocycles. The molecule has 0 aromatic rings. The molecule has 0 unspecified atom stereocenters. The van der Waals surface area contributed by atoms with Crippen LogP contribution in [-0.4, -0.2) is 77.7 Å². The summed E-state index contributed by atoms with van der Waals surface area (Å²) in [6, 6.07) is -1.29. The lowest BCUT2D eigenvalue weighted by Gasteiger charge is -2.37. The van der Waals surface area contributed by atoms with E-state index in [0.717, 1.165) is 6.42 Å². The average Bonchev–Trinajstić information content (AvgIpc) is 2.88. The highest BCUT2D eigenvalue weighted by Crippen LogP contribution is 2.24. The summed E-state index contributed by atoms with van der Waals surface area (Å²) in [4.78, 5) is 39.5. The van der Waals surface area contributed by atoms with Crippen LogP contribution in [0.5, 0.6) is 0 Å². The third-order valence-electron chi connectivity index (χ3n) is 4.63. The number of rotatable bonds is 5. The van der Waals surface area contributed by atoms with Crippen molar-refractivity contribution in [3.63, 3.8) is 0 Å². The minimum Gasteiger partial charge on any atom is -0.465 e. The average molecular weight is 327 g/mol. The zero-order valence-electron chi connectivity index (χ0n) is 13.7. The standard InChI is InChI=1S/C15H25N3O5/c1-3-10(2)12(14(20)17-6-8-23-9-7-17)18-5-4-11(13(18)19)16-15(21)22/h10-12,16H,3-9H2,1-2H3,(H,21,22)/t10-,11-,12-/m0/s1. The Hall–Kier alpha value is -1.83. The van der Waals surface area contributed by atoms with Gasteiger partial charge in [-0.25, -0.2) is 4.79 Å². The normalized spacial score (nSPS) is 24.4. The fraction of sp³-hybridized carbons (Fsp3) is 0.800. The number of ether oxygens (including phenoxy) is 1. The fourth-order valence-electron chi connectivity index (χ4n) is 3.14. The van der Waals surface area contributed by atoms with Crippen molar-refractivity contribution < 1.29 is 24.2 Å². The molecule has 2 heterocycles. The van der Waals surface area contributed by atoms with Crippen LogP contribution >= 0.6 is 0 Å². The number of hydrogen-bond donors (Lipinski definition) is 2. The number of carbonyl (C=O) groups is 3. The van der Waals surface area contributed by atoms with Crippen LogP contribution in [0.2, 0.25) is 0 Å². The summed E-state index contributed by atoms with van der Waals surface area (Å²) < 4.78 is 5.27. The molecule has 2 N–H and O–H groups in total. The number of nitrogens with one attached hydrogen (secondary N) is 1. The quantitative estimate of drug-likeness (QED) is 0.748. The smallest absolute Gasteiger partial charge is 0.405 e. The number of hydrogen-bond acceptors (Lipinski definition) is 4. The Morgan fingerprint density at radius 2 is 2.00 bits per heavy atom. The minimum atomic E-state index is -1.22. The molecule has 2 rings (SSSR count). The Bertz CT molecular complexity index is 464. The van der Waals surface area contributed by atoms with E-state index in [0.29, 0.717) is 39.3 Å². The highest BCUT2D eigenvalue weighted by Gasteiger charge is 2.42. The van der Waals surface area contributed by atoms with Gasteiger partial charge in [0.2, 0.25) is 11.8 Å². The third-order valence-corrected chi connectivity index (χ3v) is 4.63. The summed E-state index contributed by atoms with van der Waals surface area (Å²) in [7, 11) is 0. The van der Waals surface area contributed by atoms with Gasteiger partial charge in [0.05, 0.1) is 13.2 Å². The van der Waals surface area contributed by atoms with Crippen LogP contribution in [0, 0.1) is 5.92 Å². The van der Waals surface area contributed by atoms with Crippen LogP contribution in [0.4, 0.5) is 4.79 Å². The van der Waals surface area contributed by atoms with Gasteiger partial charge in [-0.3, -0.25) is 9.59 Å². The van der Waals surface area contributed by atoms with Crippen molar-refractivity contribution in [2.24, 2.45) is 5.92 Å². The highest BCUT2D eigenvalue weighted by molar-refractivity contribution is 5.92. The zero-order valence-corrected chi connectivity index (χ0v) is 13.7. The molecule has 2 saturated heterocycles. The molecule has 8 heteroatoms. The van der Waals surface area contributed by atoms with Gasteiger partial charge in [0.1, 0.15) is 12.1 Å². The molecule has 0 spiro atoms.